The molecule has 0 unspecified atom stereocenters. The van der Waals surface area contributed by atoms with E-state index in [9.17, 15) is 4.79 Å². The maximum Gasteiger partial charge on any atom is 0.335 e. The Hall–Kier alpha value is -2.04. The van der Waals surface area contributed by atoms with Gasteiger partial charge >= 0.3 is 5.97 Å². The molecular weight excluding hydrogens is 220 g/mol. The molecule has 1 aromatic heterocycles. The molecule has 1 heterocycles. The Balaban J connectivity index is 2.69. The number of fused-ring (bicyclic) bond motifs is 1. The van der Waals surface area contributed by atoms with Gasteiger partial charge in [0.05, 0.1) is 18.2 Å². The van der Waals surface area contributed by atoms with E-state index in [2.05, 4.69) is 9.97 Å². The molecule has 0 aliphatic carbocycles. The van der Waals surface area contributed by atoms with Gasteiger partial charge in [-0.1, -0.05) is 13.8 Å². The Kier molecular flexibility index (Phi) is 2.75. The highest BCUT2D eigenvalue weighted by molar-refractivity contribution is 5.95. The lowest BCUT2D eigenvalue weighted by Gasteiger charge is -2.02. The van der Waals surface area contributed by atoms with E-state index in [1.165, 1.54) is 13.2 Å². The monoisotopic (exact) mass is 234 g/mol. The predicted molar refractivity (Wildman–Crippen MR) is 63.7 cm³/mol. The molecule has 0 atom stereocenters. The first-order chi connectivity index (χ1) is 8.02. The minimum Gasteiger partial charge on any atom is -0.494 e. The summed E-state index contributed by atoms with van der Waals surface area (Å²) in [5.41, 5.74) is 1.54. The van der Waals surface area contributed by atoms with E-state index in [1.807, 2.05) is 13.8 Å². The zero-order valence-corrected chi connectivity index (χ0v) is 9.94. The van der Waals surface area contributed by atoms with E-state index < -0.39 is 5.97 Å². The molecule has 17 heavy (non-hydrogen) atoms. The second kappa shape index (κ2) is 4.08. The number of carbonyl (C=O) groups is 1. The molecule has 0 fully saturated rings. The normalized spacial score (nSPS) is 11.1. The van der Waals surface area contributed by atoms with Crippen LogP contribution in [0, 0.1) is 0 Å². The number of rotatable bonds is 3. The molecule has 0 saturated carbocycles. The van der Waals surface area contributed by atoms with Gasteiger partial charge in [0.2, 0.25) is 0 Å². The molecule has 0 spiro atoms. The van der Waals surface area contributed by atoms with Crippen LogP contribution in [0.5, 0.6) is 5.75 Å². The summed E-state index contributed by atoms with van der Waals surface area (Å²) in [5, 5.41) is 8.99. The van der Waals surface area contributed by atoms with Crippen molar-refractivity contribution in [2.24, 2.45) is 0 Å². The largest absolute Gasteiger partial charge is 0.494 e. The van der Waals surface area contributed by atoms with E-state index in [0.717, 1.165) is 5.82 Å². The third-order valence-corrected chi connectivity index (χ3v) is 2.58. The molecule has 2 N–H and O–H groups in total. The summed E-state index contributed by atoms with van der Waals surface area (Å²) in [6, 6.07) is 3.05. The molecule has 2 rings (SSSR count). The number of benzene rings is 1. The summed E-state index contributed by atoms with van der Waals surface area (Å²) in [4.78, 5) is 18.5. The molecule has 0 saturated heterocycles. The van der Waals surface area contributed by atoms with E-state index in [1.54, 1.807) is 6.07 Å². The highest BCUT2D eigenvalue weighted by Crippen LogP contribution is 2.27. The van der Waals surface area contributed by atoms with E-state index in [4.69, 9.17) is 9.84 Å². The van der Waals surface area contributed by atoms with Crippen molar-refractivity contribution in [1.29, 1.82) is 0 Å². The number of methoxy groups -OCH3 is 1. The van der Waals surface area contributed by atoms with Gasteiger partial charge in [-0.25, -0.2) is 9.78 Å². The van der Waals surface area contributed by atoms with Crippen LogP contribution in [0.4, 0.5) is 0 Å². The van der Waals surface area contributed by atoms with E-state index in [0.29, 0.717) is 16.8 Å². The van der Waals surface area contributed by atoms with Gasteiger partial charge in [-0.3, -0.25) is 0 Å². The smallest absolute Gasteiger partial charge is 0.335 e. The van der Waals surface area contributed by atoms with E-state index in [-0.39, 0.29) is 11.5 Å². The van der Waals surface area contributed by atoms with Gasteiger partial charge in [-0.15, -0.1) is 0 Å². The lowest BCUT2D eigenvalue weighted by Crippen LogP contribution is -1.97. The molecule has 0 aliphatic rings. The second-order valence-electron chi connectivity index (χ2n) is 4.16. The minimum absolute atomic E-state index is 0.188. The van der Waals surface area contributed by atoms with Crippen molar-refractivity contribution in [3.63, 3.8) is 0 Å². The third-order valence-electron chi connectivity index (χ3n) is 2.58. The number of H-pyrrole nitrogens is 1. The van der Waals surface area contributed by atoms with Gasteiger partial charge in [0, 0.05) is 5.92 Å². The first-order valence-electron chi connectivity index (χ1n) is 5.34. The predicted octanol–water partition coefficient (Wildman–Crippen LogP) is 2.39. The van der Waals surface area contributed by atoms with Crippen LogP contribution in [0.1, 0.15) is 35.9 Å². The number of carboxylic acids is 1. The summed E-state index contributed by atoms with van der Waals surface area (Å²) < 4.78 is 5.17. The van der Waals surface area contributed by atoms with Gasteiger partial charge in [0.25, 0.3) is 0 Å². The molecule has 0 bridgehead atoms. The molecule has 2 aromatic rings. The number of nitrogens with zero attached hydrogens (tertiary/aromatic N) is 1. The zero-order valence-electron chi connectivity index (χ0n) is 9.94. The van der Waals surface area contributed by atoms with Crippen LogP contribution >= 0.6 is 0 Å². The van der Waals surface area contributed by atoms with Crippen molar-refractivity contribution in [3.05, 3.63) is 23.5 Å². The quantitative estimate of drug-likeness (QED) is 0.855. The summed E-state index contributed by atoms with van der Waals surface area (Å²) >= 11 is 0. The number of hydrogen-bond donors (Lipinski definition) is 2. The average molecular weight is 234 g/mol. The SMILES string of the molecule is COc1cc(C(=O)O)cc2[nH]c(C(C)C)nc12. The number of imidazole rings is 1. The van der Waals surface area contributed by atoms with Gasteiger partial charge in [0.1, 0.15) is 17.1 Å². The number of aromatic carboxylic acids is 1. The molecule has 90 valence electrons. The first-order valence-corrected chi connectivity index (χ1v) is 5.34. The van der Waals surface area contributed by atoms with Gasteiger partial charge < -0.3 is 14.8 Å². The fourth-order valence-corrected chi connectivity index (χ4v) is 1.66. The molecule has 0 aliphatic heterocycles. The fourth-order valence-electron chi connectivity index (χ4n) is 1.66. The first kappa shape index (κ1) is 11.4. The standard InChI is InChI=1S/C12H14N2O3/c1-6(2)11-13-8-4-7(12(15)16)5-9(17-3)10(8)14-11/h4-6H,1-3H3,(H,13,14)(H,15,16). The number of nitrogens with one attached hydrogen (secondary N) is 1. The summed E-state index contributed by atoms with van der Waals surface area (Å²) in [6.45, 7) is 4.03. The highest BCUT2D eigenvalue weighted by Gasteiger charge is 2.14. The van der Waals surface area contributed by atoms with Crippen molar-refractivity contribution in [2.45, 2.75) is 19.8 Å². The molecule has 5 heteroatoms. The second-order valence-corrected chi connectivity index (χ2v) is 4.16. The molecular formula is C12H14N2O3. The van der Waals surface area contributed by atoms with Gasteiger partial charge in [-0.05, 0) is 12.1 Å². The Morgan fingerprint density at radius 1 is 1.47 bits per heavy atom. The summed E-state index contributed by atoms with van der Waals surface area (Å²) in [7, 11) is 1.50. The Morgan fingerprint density at radius 2 is 2.18 bits per heavy atom. The van der Waals surface area contributed by atoms with E-state index >= 15 is 0 Å². The maximum atomic E-state index is 11.0. The third kappa shape index (κ3) is 1.95. The van der Waals surface area contributed by atoms with Crippen molar-refractivity contribution >= 4 is 17.0 Å². The molecule has 0 radical (unpaired) electrons. The number of hydrogen-bond acceptors (Lipinski definition) is 3. The molecule has 5 nitrogen and oxygen atoms in total. The molecule has 0 amide bonds. The Labute approximate surface area is 98.4 Å². The maximum absolute atomic E-state index is 11.0. The number of aromatic nitrogens is 2. The van der Waals surface area contributed by atoms with Crippen LogP contribution in [0.15, 0.2) is 12.1 Å². The average Bonchev–Trinajstić information content (AvgIpc) is 2.71. The van der Waals surface area contributed by atoms with Crippen LogP contribution in [-0.4, -0.2) is 28.2 Å². The van der Waals surface area contributed by atoms with Crippen LogP contribution in [0.25, 0.3) is 11.0 Å². The van der Waals surface area contributed by atoms with Crippen LogP contribution in [-0.2, 0) is 0 Å². The summed E-state index contributed by atoms with van der Waals surface area (Å²) in [6.07, 6.45) is 0. The van der Waals surface area contributed by atoms with Crippen LogP contribution in [0.2, 0.25) is 0 Å². The number of ether oxygens (including phenoxy) is 1. The van der Waals surface area contributed by atoms with Crippen molar-refractivity contribution in [3.8, 4) is 5.75 Å². The van der Waals surface area contributed by atoms with Crippen molar-refractivity contribution in [1.82, 2.24) is 9.97 Å². The van der Waals surface area contributed by atoms with Crippen molar-refractivity contribution in [2.75, 3.05) is 7.11 Å². The number of aromatic amines is 1. The topological polar surface area (TPSA) is 75.2 Å². The Bertz CT molecular complexity index is 572. The summed E-state index contributed by atoms with van der Waals surface area (Å²) in [5.74, 6) is 0.565. The van der Waals surface area contributed by atoms with Gasteiger partial charge in [-0.2, -0.15) is 0 Å². The fraction of sp³-hybridized carbons (Fsp3) is 0.333. The Morgan fingerprint density at radius 3 is 2.71 bits per heavy atom. The number of carboxylic acid groups (broad SMARTS) is 1. The highest BCUT2D eigenvalue weighted by atomic mass is 16.5. The van der Waals surface area contributed by atoms with Crippen molar-refractivity contribution < 1.29 is 14.6 Å². The van der Waals surface area contributed by atoms with Crippen LogP contribution < -0.4 is 4.74 Å². The van der Waals surface area contributed by atoms with Crippen LogP contribution in [0.3, 0.4) is 0 Å². The molecule has 1 aromatic carbocycles. The minimum atomic E-state index is -0.981. The van der Waals surface area contributed by atoms with Gasteiger partial charge in [0.15, 0.2) is 0 Å². The lowest BCUT2D eigenvalue weighted by molar-refractivity contribution is 0.0696. The zero-order chi connectivity index (χ0) is 12.6. The lowest BCUT2D eigenvalue weighted by atomic mass is 10.2.